The van der Waals surface area contributed by atoms with Gasteiger partial charge >= 0.3 is 0 Å². The van der Waals surface area contributed by atoms with Crippen LogP contribution in [-0.4, -0.2) is 30.4 Å². The second-order valence-corrected chi connectivity index (χ2v) is 7.57. The zero-order valence-corrected chi connectivity index (χ0v) is 14.3. The molecule has 3 nitrogen and oxygen atoms in total. The first kappa shape index (κ1) is 15.8. The van der Waals surface area contributed by atoms with E-state index in [1.165, 1.54) is 22.5 Å². The SMILES string of the molecule is O=C(NCCN1CCc2ccccc2C1)c1cc(Cl)sc1Cl. The number of fused-ring (bicyclic) bond motifs is 1. The first-order valence-electron chi connectivity index (χ1n) is 7.15. The summed E-state index contributed by atoms with van der Waals surface area (Å²) >= 11 is 13.1. The predicted molar refractivity (Wildman–Crippen MR) is 92.1 cm³/mol. The molecule has 0 radical (unpaired) electrons. The molecule has 0 saturated carbocycles. The normalized spacial score (nSPS) is 14.6. The van der Waals surface area contributed by atoms with Crippen molar-refractivity contribution in [1.29, 1.82) is 0 Å². The van der Waals surface area contributed by atoms with E-state index in [-0.39, 0.29) is 5.91 Å². The molecule has 0 spiro atoms. The highest BCUT2D eigenvalue weighted by Crippen LogP contribution is 2.30. The van der Waals surface area contributed by atoms with Crippen molar-refractivity contribution in [3.63, 3.8) is 0 Å². The van der Waals surface area contributed by atoms with Gasteiger partial charge in [0, 0.05) is 26.2 Å². The van der Waals surface area contributed by atoms with Crippen LogP contribution in [0.5, 0.6) is 0 Å². The summed E-state index contributed by atoms with van der Waals surface area (Å²) in [5.41, 5.74) is 3.27. The molecule has 0 atom stereocenters. The number of amides is 1. The van der Waals surface area contributed by atoms with Crippen LogP contribution in [-0.2, 0) is 13.0 Å². The molecule has 0 saturated heterocycles. The Balaban J connectivity index is 1.50. The van der Waals surface area contributed by atoms with Crippen molar-refractivity contribution in [2.24, 2.45) is 0 Å². The van der Waals surface area contributed by atoms with E-state index in [4.69, 9.17) is 23.2 Å². The van der Waals surface area contributed by atoms with Crippen LogP contribution in [0.25, 0.3) is 0 Å². The second kappa shape index (κ2) is 7.01. The van der Waals surface area contributed by atoms with Crippen molar-refractivity contribution in [3.05, 3.63) is 55.7 Å². The highest BCUT2D eigenvalue weighted by molar-refractivity contribution is 7.20. The molecule has 0 unspecified atom stereocenters. The van der Waals surface area contributed by atoms with Crippen molar-refractivity contribution in [2.75, 3.05) is 19.6 Å². The molecule has 0 bridgehead atoms. The van der Waals surface area contributed by atoms with Crippen LogP contribution >= 0.6 is 34.5 Å². The molecule has 116 valence electrons. The fourth-order valence-corrected chi connectivity index (χ4v) is 4.12. The Bertz CT molecular complexity index is 687. The maximum atomic E-state index is 12.1. The van der Waals surface area contributed by atoms with Gasteiger partial charge in [0.25, 0.3) is 5.91 Å². The number of carbonyl (C=O) groups is 1. The fraction of sp³-hybridized carbons (Fsp3) is 0.312. The van der Waals surface area contributed by atoms with Gasteiger partial charge in [-0.2, -0.15) is 0 Å². The molecule has 1 aliphatic rings. The quantitative estimate of drug-likeness (QED) is 0.904. The Morgan fingerprint density at radius 1 is 1.27 bits per heavy atom. The highest BCUT2D eigenvalue weighted by Gasteiger charge is 2.17. The van der Waals surface area contributed by atoms with Crippen molar-refractivity contribution in [1.82, 2.24) is 10.2 Å². The van der Waals surface area contributed by atoms with Crippen LogP contribution in [0.15, 0.2) is 30.3 Å². The van der Waals surface area contributed by atoms with Gasteiger partial charge in [-0.15, -0.1) is 11.3 Å². The topological polar surface area (TPSA) is 32.3 Å². The van der Waals surface area contributed by atoms with Gasteiger partial charge in [0.2, 0.25) is 0 Å². The van der Waals surface area contributed by atoms with E-state index in [1.807, 2.05) is 0 Å². The van der Waals surface area contributed by atoms with E-state index in [1.54, 1.807) is 6.07 Å². The molecule has 6 heteroatoms. The number of hydrogen-bond acceptors (Lipinski definition) is 3. The molecule has 0 fully saturated rings. The van der Waals surface area contributed by atoms with E-state index >= 15 is 0 Å². The predicted octanol–water partition coefficient (Wildman–Crippen LogP) is 3.84. The number of benzene rings is 1. The molecule has 0 aliphatic carbocycles. The lowest BCUT2D eigenvalue weighted by Crippen LogP contribution is -2.37. The zero-order valence-electron chi connectivity index (χ0n) is 11.9. The Morgan fingerprint density at radius 2 is 2.05 bits per heavy atom. The summed E-state index contributed by atoms with van der Waals surface area (Å²) in [6, 6.07) is 10.1. The summed E-state index contributed by atoms with van der Waals surface area (Å²) in [5, 5.41) is 2.91. The standard InChI is InChI=1S/C16H16Cl2N2OS/c17-14-9-13(15(18)22-14)16(21)19-6-8-20-7-5-11-3-1-2-4-12(11)10-20/h1-4,9H,5-8,10H2,(H,19,21). The lowest BCUT2D eigenvalue weighted by Gasteiger charge is -2.28. The van der Waals surface area contributed by atoms with Crippen molar-refractivity contribution in [3.8, 4) is 0 Å². The first-order valence-corrected chi connectivity index (χ1v) is 8.73. The van der Waals surface area contributed by atoms with Crippen molar-refractivity contribution >= 4 is 40.4 Å². The average molecular weight is 355 g/mol. The lowest BCUT2D eigenvalue weighted by molar-refractivity contribution is 0.0948. The molecule has 1 aromatic heterocycles. The van der Waals surface area contributed by atoms with E-state index in [9.17, 15) is 4.79 Å². The zero-order chi connectivity index (χ0) is 15.5. The van der Waals surface area contributed by atoms with Crippen molar-refractivity contribution in [2.45, 2.75) is 13.0 Å². The van der Waals surface area contributed by atoms with Crippen LogP contribution in [0.3, 0.4) is 0 Å². The van der Waals surface area contributed by atoms with Gasteiger partial charge in [-0.05, 0) is 23.6 Å². The highest BCUT2D eigenvalue weighted by atomic mass is 35.5. The average Bonchev–Trinajstić information content (AvgIpc) is 2.86. The minimum absolute atomic E-state index is 0.162. The monoisotopic (exact) mass is 354 g/mol. The Morgan fingerprint density at radius 3 is 2.77 bits per heavy atom. The van der Waals surface area contributed by atoms with E-state index in [0.717, 1.165) is 26.1 Å². The van der Waals surface area contributed by atoms with E-state index in [0.29, 0.717) is 20.8 Å². The molecule has 1 aliphatic heterocycles. The fourth-order valence-electron chi connectivity index (χ4n) is 2.66. The van der Waals surface area contributed by atoms with E-state index in [2.05, 4.69) is 34.5 Å². The summed E-state index contributed by atoms with van der Waals surface area (Å²) in [6.07, 6.45) is 1.07. The molecule has 1 N–H and O–H groups in total. The maximum absolute atomic E-state index is 12.1. The summed E-state index contributed by atoms with van der Waals surface area (Å²) in [4.78, 5) is 14.4. The van der Waals surface area contributed by atoms with Crippen LogP contribution in [0.1, 0.15) is 21.5 Å². The summed E-state index contributed by atoms with van der Waals surface area (Å²) in [7, 11) is 0. The van der Waals surface area contributed by atoms with Crippen LogP contribution in [0.4, 0.5) is 0 Å². The maximum Gasteiger partial charge on any atom is 0.253 e. The Hall–Kier alpha value is -1.07. The van der Waals surface area contributed by atoms with Gasteiger partial charge in [0.1, 0.15) is 4.34 Å². The second-order valence-electron chi connectivity index (χ2n) is 5.29. The minimum atomic E-state index is -0.162. The van der Waals surface area contributed by atoms with Gasteiger partial charge in [0.05, 0.1) is 9.90 Å². The summed E-state index contributed by atoms with van der Waals surface area (Å²) in [5.74, 6) is -0.162. The molecule has 3 rings (SSSR count). The van der Waals surface area contributed by atoms with Gasteiger partial charge in [-0.1, -0.05) is 47.5 Å². The van der Waals surface area contributed by atoms with Crippen molar-refractivity contribution < 1.29 is 4.79 Å². The number of rotatable bonds is 4. The molecule has 1 aromatic carbocycles. The van der Waals surface area contributed by atoms with Crippen LogP contribution in [0.2, 0.25) is 8.67 Å². The summed E-state index contributed by atoms with van der Waals surface area (Å²) in [6.45, 7) is 3.40. The molecule has 1 amide bonds. The van der Waals surface area contributed by atoms with Gasteiger partial charge in [0.15, 0.2) is 0 Å². The molecule has 2 aromatic rings. The molecule has 2 heterocycles. The first-order chi connectivity index (χ1) is 10.6. The smallest absolute Gasteiger partial charge is 0.253 e. The number of thiophene rings is 1. The molecular formula is C16H16Cl2N2OS. The van der Waals surface area contributed by atoms with Crippen LogP contribution < -0.4 is 5.32 Å². The number of nitrogens with zero attached hydrogens (tertiary/aromatic N) is 1. The number of halogens is 2. The van der Waals surface area contributed by atoms with E-state index < -0.39 is 0 Å². The Kier molecular flexibility index (Phi) is 5.03. The van der Waals surface area contributed by atoms with Gasteiger partial charge < -0.3 is 5.32 Å². The summed E-state index contributed by atoms with van der Waals surface area (Å²) < 4.78 is 0.970. The molecular weight excluding hydrogens is 339 g/mol. The third-order valence-electron chi connectivity index (χ3n) is 3.82. The van der Waals surface area contributed by atoms with Gasteiger partial charge in [-0.25, -0.2) is 0 Å². The largest absolute Gasteiger partial charge is 0.351 e. The van der Waals surface area contributed by atoms with Gasteiger partial charge in [-0.3, -0.25) is 9.69 Å². The molecule has 22 heavy (non-hydrogen) atoms. The minimum Gasteiger partial charge on any atom is -0.351 e. The number of nitrogens with one attached hydrogen (secondary N) is 1. The third kappa shape index (κ3) is 3.63. The third-order valence-corrected chi connectivity index (χ3v) is 5.31. The Labute approximate surface area is 143 Å². The lowest BCUT2D eigenvalue weighted by atomic mass is 10.00. The number of carbonyl (C=O) groups excluding carboxylic acids is 1. The number of hydrogen-bond donors (Lipinski definition) is 1. The van der Waals surface area contributed by atoms with Crippen LogP contribution in [0, 0.1) is 0 Å².